The van der Waals surface area contributed by atoms with Crippen molar-refractivity contribution < 1.29 is 18.7 Å². The zero-order valence-corrected chi connectivity index (χ0v) is 23.0. The van der Waals surface area contributed by atoms with Crippen molar-refractivity contribution in [1.82, 2.24) is 29.9 Å². The van der Waals surface area contributed by atoms with E-state index in [0.29, 0.717) is 29.3 Å². The highest BCUT2D eigenvalue weighted by atomic mass is 79.9. The van der Waals surface area contributed by atoms with Crippen molar-refractivity contribution >= 4 is 21.8 Å². The van der Waals surface area contributed by atoms with Crippen LogP contribution >= 0.6 is 15.9 Å². The Labute approximate surface area is 237 Å². The summed E-state index contributed by atoms with van der Waals surface area (Å²) in [5.41, 5.74) is 3.38. The number of hydrogen-bond donors (Lipinski definition) is 1. The third-order valence-corrected chi connectivity index (χ3v) is 7.50. The van der Waals surface area contributed by atoms with E-state index >= 15 is 4.39 Å². The van der Waals surface area contributed by atoms with Crippen LogP contribution in [-0.4, -0.2) is 54.0 Å². The number of halogens is 2. The molecule has 0 radical (unpaired) electrons. The summed E-state index contributed by atoms with van der Waals surface area (Å²) in [4.78, 5) is 23.2. The molecule has 0 spiro atoms. The van der Waals surface area contributed by atoms with Gasteiger partial charge in [-0.1, -0.05) is 57.5 Å². The van der Waals surface area contributed by atoms with Crippen molar-refractivity contribution in [3.8, 4) is 22.6 Å². The molecule has 2 aromatic carbocycles. The predicted molar refractivity (Wildman–Crippen MR) is 148 cm³/mol. The van der Waals surface area contributed by atoms with E-state index in [1.165, 1.54) is 11.3 Å². The van der Waals surface area contributed by atoms with E-state index in [9.17, 15) is 9.90 Å². The van der Waals surface area contributed by atoms with Gasteiger partial charge in [0.25, 0.3) is 5.91 Å². The van der Waals surface area contributed by atoms with Gasteiger partial charge in [0.15, 0.2) is 17.8 Å². The molecular formula is C29H24BrFN6O3. The number of oxazole rings is 1. The first-order chi connectivity index (χ1) is 19.3. The van der Waals surface area contributed by atoms with Crippen molar-refractivity contribution in [2.75, 3.05) is 13.1 Å². The van der Waals surface area contributed by atoms with Gasteiger partial charge in [-0.15, -0.1) is 5.10 Å². The number of nitrogens with zero attached hydrogens (tertiary/aromatic N) is 6. The summed E-state index contributed by atoms with van der Waals surface area (Å²) in [5, 5.41) is 17.5. The molecule has 1 aliphatic rings. The molecular weight excluding hydrogens is 579 g/mol. The first kappa shape index (κ1) is 26.0. The molecule has 1 fully saturated rings. The Balaban J connectivity index is 1.09. The summed E-state index contributed by atoms with van der Waals surface area (Å²) in [6, 6.07) is 18.9. The first-order valence-corrected chi connectivity index (χ1v) is 13.4. The van der Waals surface area contributed by atoms with Crippen LogP contribution in [0.1, 0.15) is 33.0 Å². The van der Waals surface area contributed by atoms with E-state index in [2.05, 4.69) is 36.2 Å². The van der Waals surface area contributed by atoms with Gasteiger partial charge in [0.1, 0.15) is 11.4 Å². The molecule has 1 aliphatic heterocycles. The van der Waals surface area contributed by atoms with Gasteiger partial charge in [0.05, 0.1) is 49.4 Å². The van der Waals surface area contributed by atoms with Gasteiger partial charge in [-0.3, -0.25) is 9.78 Å². The Morgan fingerprint density at radius 2 is 1.80 bits per heavy atom. The van der Waals surface area contributed by atoms with Crippen LogP contribution in [0.25, 0.3) is 22.6 Å². The van der Waals surface area contributed by atoms with Gasteiger partial charge in [0.2, 0.25) is 0 Å². The summed E-state index contributed by atoms with van der Waals surface area (Å²) >= 11 is 3.43. The number of amides is 1. The average Bonchev–Trinajstić information content (AvgIpc) is 3.62. The monoisotopic (exact) mass is 602 g/mol. The van der Waals surface area contributed by atoms with Crippen molar-refractivity contribution in [2.24, 2.45) is 0 Å². The fourth-order valence-corrected chi connectivity index (χ4v) is 5.01. The molecule has 11 heteroatoms. The highest BCUT2D eigenvalue weighted by Crippen LogP contribution is 2.36. The maximum absolute atomic E-state index is 15.7. The van der Waals surface area contributed by atoms with Crippen LogP contribution < -0.4 is 0 Å². The van der Waals surface area contributed by atoms with Crippen molar-refractivity contribution in [3.05, 3.63) is 106 Å². The molecule has 1 amide bonds. The number of carbonyl (C=O) groups is 1. The number of benzene rings is 2. The maximum atomic E-state index is 15.7. The highest BCUT2D eigenvalue weighted by Gasteiger charge is 2.49. The summed E-state index contributed by atoms with van der Waals surface area (Å²) in [7, 11) is 0. The second-order valence-corrected chi connectivity index (χ2v) is 10.7. The molecule has 0 saturated carbocycles. The van der Waals surface area contributed by atoms with E-state index < -0.39 is 5.67 Å². The van der Waals surface area contributed by atoms with E-state index in [1.54, 1.807) is 29.9 Å². The normalized spacial score (nSPS) is 14.2. The van der Waals surface area contributed by atoms with Crippen molar-refractivity contribution in [1.29, 1.82) is 0 Å². The molecule has 40 heavy (non-hydrogen) atoms. The number of aliphatic hydroxyl groups excluding tert-OH is 1. The largest absolute Gasteiger partial charge is 0.443 e. The molecule has 4 heterocycles. The fourth-order valence-electron chi connectivity index (χ4n) is 4.75. The van der Waals surface area contributed by atoms with E-state index in [0.717, 1.165) is 26.9 Å². The molecule has 3 aromatic heterocycles. The number of rotatable bonds is 7. The van der Waals surface area contributed by atoms with Crippen LogP contribution in [0.2, 0.25) is 0 Å². The average molecular weight is 603 g/mol. The number of alkyl halides is 1. The number of aromatic nitrogens is 5. The Morgan fingerprint density at radius 3 is 2.50 bits per heavy atom. The second kappa shape index (κ2) is 10.4. The number of hydrogen-bond acceptors (Lipinski definition) is 7. The summed E-state index contributed by atoms with van der Waals surface area (Å²) < 4.78 is 23.6. The topological polar surface area (TPSA) is 110 Å². The lowest BCUT2D eigenvalue weighted by Gasteiger charge is -2.43. The molecule has 5 aromatic rings. The molecule has 9 nitrogen and oxygen atoms in total. The molecule has 6 rings (SSSR count). The lowest BCUT2D eigenvalue weighted by Crippen LogP contribution is -2.59. The van der Waals surface area contributed by atoms with Gasteiger partial charge >= 0.3 is 0 Å². The molecule has 1 N–H and O–H groups in total. The molecule has 202 valence electrons. The fraction of sp³-hybridized carbons (Fsp3) is 0.207. The number of carbonyl (C=O) groups excluding carboxylic acids is 1. The molecule has 0 aliphatic carbocycles. The third-order valence-electron chi connectivity index (χ3n) is 6.98. The Hall–Kier alpha value is -4.22. The minimum atomic E-state index is -1.76. The zero-order chi connectivity index (χ0) is 27.9. The SMILES string of the molecule is Cc1nc(-c2ccc(Br)cc2)ccc1C(=O)N1CC(F)(c2cn(Cc3ccc(-c4ocnc4CO)cc3)nn2)C1. The van der Waals surface area contributed by atoms with Gasteiger partial charge < -0.3 is 14.4 Å². The number of aryl methyl sites for hydroxylation is 1. The number of likely N-dealkylation sites (tertiary alicyclic amines) is 1. The van der Waals surface area contributed by atoms with Gasteiger partial charge in [0, 0.05) is 15.6 Å². The Bertz CT molecular complexity index is 1680. The quantitative estimate of drug-likeness (QED) is 0.281. The molecule has 1 saturated heterocycles. The van der Waals surface area contributed by atoms with E-state index in [-0.39, 0.29) is 31.3 Å². The summed E-state index contributed by atoms with van der Waals surface area (Å²) in [5.74, 6) is 0.260. The van der Waals surface area contributed by atoms with Crippen LogP contribution in [0.4, 0.5) is 4.39 Å². The van der Waals surface area contributed by atoms with Crippen LogP contribution in [0.3, 0.4) is 0 Å². The lowest BCUT2D eigenvalue weighted by atomic mass is 9.92. The minimum absolute atomic E-state index is 0.0997. The number of aliphatic hydroxyl groups is 1. The smallest absolute Gasteiger partial charge is 0.255 e. The maximum Gasteiger partial charge on any atom is 0.255 e. The van der Waals surface area contributed by atoms with Gasteiger partial charge in [-0.05, 0) is 36.8 Å². The van der Waals surface area contributed by atoms with Crippen molar-refractivity contribution in [3.63, 3.8) is 0 Å². The minimum Gasteiger partial charge on any atom is -0.443 e. The highest BCUT2D eigenvalue weighted by molar-refractivity contribution is 9.10. The van der Waals surface area contributed by atoms with Crippen LogP contribution in [-0.2, 0) is 18.8 Å². The summed E-state index contributed by atoms with van der Waals surface area (Å²) in [6.45, 7) is 1.77. The summed E-state index contributed by atoms with van der Waals surface area (Å²) in [6.07, 6.45) is 2.88. The standard InChI is InChI=1S/C29H24BrFN6O3/c1-18-23(10-11-24(33-18)20-6-8-22(30)9-7-20)28(39)36-15-29(31,16-36)26-13-37(35-34-26)12-19-2-4-21(5-3-19)27-25(14-38)32-17-40-27/h2-11,13,17,38H,12,14-16H2,1H3. The lowest BCUT2D eigenvalue weighted by molar-refractivity contribution is -0.0259. The Morgan fingerprint density at radius 1 is 1.07 bits per heavy atom. The Kier molecular flexibility index (Phi) is 6.77. The van der Waals surface area contributed by atoms with Crippen LogP contribution in [0.15, 0.2) is 82.1 Å². The van der Waals surface area contributed by atoms with E-state index in [1.807, 2.05) is 48.5 Å². The van der Waals surface area contributed by atoms with Gasteiger partial charge in [-0.2, -0.15) is 0 Å². The third kappa shape index (κ3) is 4.93. The molecule has 0 bridgehead atoms. The van der Waals surface area contributed by atoms with Crippen molar-refractivity contribution in [2.45, 2.75) is 25.7 Å². The first-order valence-electron chi connectivity index (χ1n) is 12.6. The predicted octanol–water partition coefficient (Wildman–Crippen LogP) is 4.93. The van der Waals surface area contributed by atoms with Gasteiger partial charge in [-0.25, -0.2) is 14.1 Å². The zero-order valence-electron chi connectivity index (χ0n) is 21.5. The van der Waals surface area contributed by atoms with Crippen LogP contribution in [0, 0.1) is 6.92 Å². The second-order valence-electron chi connectivity index (χ2n) is 9.75. The van der Waals surface area contributed by atoms with E-state index in [4.69, 9.17) is 4.42 Å². The molecule has 0 atom stereocenters. The number of pyridine rings is 1. The van der Waals surface area contributed by atoms with Crippen LogP contribution in [0.5, 0.6) is 0 Å². The molecule has 0 unspecified atom stereocenters.